The van der Waals surface area contributed by atoms with Crippen molar-refractivity contribution in [3.05, 3.63) is 0 Å². The summed E-state index contributed by atoms with van der Waals surface area (Å²) in [4.78, 5) is 0. The third-order valence-corrected chi connectivity index (χ3v) is 2.42. The van der Waals surface area contributed by atoms with Gasteiger partial charge in [0, 0.05) is 25.2 Å². The van der Waals surface area contributed by atoms with Gasteiger partial charge < -0.3 is 15.7 Å². The molecule has 3 heteroatoms. The van der Waals surface area contributed by atoms with Crippen LogP contribution in [0.15, 0.2) is 0 Å². The summed E-state index contributed by atoms with van der Waals surface area (Å²) in [5.74, 6) is 0. The average Bonchev–Trinajstić information content (AvgIpc) is 2.17. The molecule has 2 bridgehead atoms. The van der Waals surface area contributed by atoms with Crippen LogP contribution in [0.1, 0.15) is 12.8 Å². The third kappa shape index (κ3) is 1.17. The molecule has 0 aromatic heterocycles. The lowest BCUT2D eigenvalue weighted by atomic mass is 10.1. The first-order valence-electron chi connectivity index (χ1n) is 3.99. The first-order chi connectivity index (χ1) is 4.84. The van der Waals surface area contributed by atoms with E-state index in [1.165, 1.54) is 0 Å². The van der Waals surface area contributed by atoms with Crippen molar-refractivity contribution in [1.82, 2.24) is 10.6 Å². The molecule has 3 N–H and O–H groups in total. The third-order valence-electron chi connectivity index (χ3n) is 2.42. The van der Waals surface area contributed by atoms with Gasteiger partial charge in [-0.15, -0.1) is 0 Å². The Morgan fingerprint density at radius 1 is 1.00 bits per heavy atom. The van der Waals surface area contributed by atoms with Crippen LogP contribution in [0.4, 0.5) is 0 Å². The lowest BCUT2D eigenvalue weighted by Gasteiger charge is -2.25. The average molecular weight is 142 g/mol. The number of aliphatic hydroxyl groups excluding tert-OH is 1. The van der Waals surface area contributed by atoms with E-state index in [2.05, 4.69) is 10.6 Å². The Labute approximate surface area is 60.8 Å². The van der Waals surface area contributed by atoms with E-state index in [0.717, 1.165) is 25.9 Å². The predicted molar refractivity (Wildman–Crippen MR) is 38.8 cm³/mol. The van der Waals surface area contributed by atoms with Gasteiger partial charge in [-0.25, -0.2) is 0 Å². The van der Waals surface area contributed by atoms with Crippen LogP contribution in [0.3, 0.4) is 0 Å². The molecule has 0 aromatic rings. The van der Waals surface area contributed by atoms with Gasteiger partial charge in [0.15, 0.2) is 0 Å². The van der Waals surface area contributed by atoms with Crippen LogP contribution < -0.4 is 10.6 Å². The van der Waals surface area contributed by atoms with Gasteiger partial charge in [0.1, 0.15) is 0 Å². The summed E-state index contributed by atoms with van der Waals surface area (Å²) in [5, 5.41) is 16.2. The molecule has 3 aliphatic heterocycles. The van der Waals surface area contributed by atoms with Gasteiger partial charge in [-0.05, 0) is 12.8 Å². The molecule has 58 valence electrons. The van der Waals surface area contributed by atoms with Crippen molar-refractivity contribution in [1.29, 1.82) is 0 Å². The quantitative estimate of drug-likeness (QED) is 0.409. The summed E-state index contributed by atoms with van der Waals surface area (Å²) in [6.45, 7) is 2.06. The minimum atomic E-state index is -0.0833. The van der Waals surface area contributed by atoms with Gasteiger partial charge in [-0.3, -0.25) is 0 Å². The zero-order valence-electron chi connectivity index (χ0n) is 6.01. The van der Waals surface area contributed by atoms with E-state index in [4.69, 9.17) is 0 Å². The smallest absolute Gasteiger partial charge is 0.0570 e. The molecule has 3 rings (SSSR count). The lowest BCUT2D eigenvalue weighted by molar-refractivity contribution is 0.154. The molecule has 2 unspecified atom stereocenters. The fraction of sp³-hybridized carbons (Fsp3) is 1.00. The molecule has 3 saturated heterocycles. The van der Waals surface area contributed by atoms with Gasteiger partial charge in [0.2, 0.25) is 0 Å². The Morgan fingerprint density at radius 2 is 1.50 bits per heavy atom. The molecular weight excluding hydrogens is 128 g/mol. The van der Waals surface area contributed by atoms with E-state index >= 15 is 0 Å². The molecule has 10 heavy (non-hydrogen) atoms. The molecule has 3 nitrogen and oxygen atoms in total. The zero-order chi connectivity index (χ0) is 6.97. The van der Waals surface area contributed by atoms with Crippen molar-refractivity contribution < 1.29 is 5.11 Å². The first-order valence-corrected chi connectivity index (χ1v) is 3.99. The molecular formula is C7H14N2O. The van der Waals surface area contributed by atoms with Crippen molar-refractivity contribution in [3.8, 4) is 0 Å². The molecule has 2 atom stereocenters. The molecule has 0 saturated carbocycles. The maximum Gasteiger partial charge on any atom is 0.0570 e. The molecule has 3 heterocycles. The lowest BCUT2D eigenvalue weighted by Crippen LogP contribution is -2.51. The van der Waals surface area contributed by atoms with Crippen LogP contribution in [-0.4, -0.2) is 36.4 Å². The number of fused-ring (bicyclic) bond motifs is 4. The molecule has 0 spiro atoms. The SMILES string of the molecule is OC1CC2CNC(CN2)C1. The van der Waals surface area contributed by atoms with Crippen LogP contribution in [0.5, 0.6) is 0 Å². The van der Waals surface area contributed by atoms with Gasteiger partial charge in [0.05, 0.1) is 6.10 Å². The summed E-state index contributed by atoms with van der Waals surface area (Å²) in [5.41, 5.74) is 0. The topological polar surface area (TPSA) is 44.3 Å². The highest BCUT2D eigenvalue weighted by molar-refractivity contribution is 4.90. The second kappa shape index (κ2) is 2.49. The number of hydrogen-bond acceptors (Lipinski definition) is 3. The molecule has 3 aliphatic rings. The minimum absolute atomic E-state index is 0.0833. The van der Waals surface area contributed by atoms with E-state index in [0.29, 0.717) is 12.1 Å². The predicted octanol–water partition coefficient (Wildman–Crippen LogP) is -0.929. The number of piperazine rings is 1. The maximum absolute atomic E-state index is 9.39. The second-order valence-corrected chi connectivity index (χ2v) is 3.34. The Balaban J connectivity index is 2.05. The summed E-state index contributed by atoms with van der Waals surface area (Å²) < 4.78 is 0. The molecule has 0 aromatic carbocycles. The van der Waals surface area contributed by atoms with E-state index < -0.39 is 0 Å². The number of hydrogen-bond donors (Lipinski definition) is 3. The van der Waals surface area contributed by atoms with Crippen LogP contribution >= 0.6 is 0 Å². The standard InChI is InChI=1S/C7H14N2O/c10-7-1-5-3-9-6(2-7)4-8-5/h5-10H,1-4H2. The summed E-state index contributed by atoms with van der Waals surface area (Å²) in [7, 11) is 0. The van der Waals surface area contributed by atoms with Gasteiger partial charge >= 0.3 is 0 Å². The molecule has 0 radical (unpaired) electrons. The van der Waals surface area contributed by atoms with E-state index in [-0.39, 0.29) is 6.10 Å². The zero-order valence-corrected chi connectivity index (χ0v) is 6.01. The van der Waals surface area contributed by atoms with Crippen molar-refractivity contribution in [2.45, 2.75) is 31.0 Å². The number of nitrogens with one attached hydrogen (secondary N) is 2. The van der Waals surface area contributed by atoms with E-state index in [1.54, 1.807) is 0 Å². The normalized spacial score (nSPS) is 47.1. The summed E-state index contributed by atoms with van der Waals surface area (Å²) in [6, 6.07) is 1.02. The Morgan fingerprint density at radius 3 is 1.90 bits per heavy atom. The van der Waals surface area contributed by atoms with Crippen molar-refractivity contribution >= 4 is 0 Å². The van der Waals surface area contributed by atoms with Crippen molar-refractivity contribution in [2.24, 2.45) is 0 Å². The van der Waals surface area contributed by atoms with E-state index in [9.17, 15) is 5.11 Å². The Hall–Kier alpha value is -0.120. The maximum atomic E-state index is 9.39. The monoisotopic (exact) mass is 142 g/mol. The Kier molecular flexibility index (Phi) is 1.64. The first kappa shape index (κ1) is 6.58. The van der Waals surface area contributed by atoms with Crippen LogP contribution in [0.25, 0.3) is 0 Å². The van der Waals surface area contributed by atoms with Crippen molar-refractivity contribution in [2.75, 3.05) is 13.1 Å². The van der Waals surface area contributed by atoms with Crippen LogP contribution in [0.2, 0.25) is 0 Å². The Bertz CT molecular complexity index is 107. The highest BCUT2D eigenvalue weighted by atomic mass is 16.3. The fourth-order valence-electron chi connectivity index (χ4n) is 1.85. The fourth-order valence-corrected chi connectivity index (χ4v) is 1.85. The van der Waals surface area contributed by atoms with Gasteiger partial charge in [0.25, 0.3) is 0 Å². The highest BCUT2D eigenvalue weighted by Crippen LogP contribution is 2.14. The summed E-state index contributed by atoms with van der Waals surface area (Å²) >= 11 is 0. The highest BCUT2D eigenvalue weighted by Gasteiger charge is 2.28. The van der Waals surface area contributed by atoms with Crippen molar-refractivity contribution in [3.63, 3.8) is 0 Å². The molecule has 0 amide bonds. The second-order valence-electron chi connectivity index (χ2n) is 3.34. The van der Waals surface area contributed by atoms with Gasteiger partial charge in [-0.2, -0.15) is 0 Å². The van der Waals surface area contributed by atoms with Crippen LogP contribution in [0, 0.1) is 0 Å². The largest absolute Gasteiger partial charge is 0.393 e. The van der Waals surface area contributed by atoms with Gasteiger partial charge in [-0.1, -0.05) is 0 Å². The molecule has 0 aliphatic carbocycles. The number of aliphatic hydroxyl groups is 1. The molecule has 3 fully saturated rings. The minimum Gasteiger partial charge on any atom is -0.393 e. The van der Waals surface area contributed by atoms with E-state index in [1.807, 2.05) is 0 Å². The number of rotatable bonds is 0. The summed E-state index contributed by atoms with van der Waals surface area (Å²) in [6.07, 6.45) is 1.76. The van der Waals surface area contributed by atoms with Crippen LogP contribution in [-0.2, 0) is 0 Å².